The van der Waals surface area contributed by atoms with E-state index in [0.717, 1.165) is 47.0 Å². The number of aromatic nitrogens is 2. The highest BCUT2D eigenvalue weighted by Gasteiger charge is 2.16. The van der Waals surface area contributed by atoms with Gasteiger partial charge in [-0.05, 0) is 48.8 Å². The van der Waals surface area contributed by atoms with Gasteiger partial charge in [-0.2, -0.15) is 5.26 Å². The lowest BCUT2D eigenvalue weighted by Gasteiger charge is -2.16. The maximum Gasteiger partial charge on any atom is 0.226 e. The van der Waals surface area contributed by atoms with Gasteiger partial charge in [0.2, 0.25) is 5.91 Å². The van der Waals surface area contributed by atoms with Gasteiger partial charge in [-0.1, -0.05) is 6.07 Å². The summed E-state index contributed by atoms with van der Waals surface area (Å²) >= 11 is 4.53. The van der Waals surface area contributed by atoms with Gasteiger partial charge in [0, 0.05) is 23.2 Å². The summed E-state index contributed by atoms with van der Waals surface area (Å²) in [5, 5.41) is 17.6. The van der Waals surface area contributed by atoms with E-state index in [1.807, 2.05) is 29.0 Å². The summed E-state index contributed by atoms with van der Waals surface area (Å²) in [7, 11) is 0. The van der Waals surface area contributed by atoms with Crippen LogP contribution < -0.4 is 5.32 Å². The SMILES string of the molecule is N#Cc1cc2c(nc1SCCC(=O)Nc1nc(-c3cccs3)cs1)CCCC2. The fourth-order valence-corrected chi connectivity index (χ4v) is 5.50. The van der Waals surface area contributed by atoms with Gasteiger partial charge in [0.15, 0.2) is 5.13 Å². The van der Waals surface area contributed by atoms with Crippen LogP contribution in [0.1, 0.15) is 36.1 Å². The molecule has 0 radical (unpaired) electrons. The first-order valence-electron chi connectivity index (χ1n) is 9.08. The highest BCUT2D eigenvalue weighted by atomic mass is 32.2. The molecule has 0 aliphatic heterocycles. The van der Waals surface area contributed by atoms with Crippen LogP contribution in [0.15, 0.2) is 34.0 Å². The Labute approximate surface area is 175 Å². The number of thiophene rings is 1. The highest BCUT2D eigenvalue weighted by Crippen LogP contribution is 2.29. The van der Waals surface area contributed by atoms with Gasteiger partial charge in [0.05, 0.1) is 16.1 Å². The molecule has 0 saturated carbocycles. The van der Waals surface area contributed by atoms with Crippen molar-refractivity contribution in [3.63, 3.8) is 0 Å². The quantitative estimate of drug-likeness (QED) is 0.552. The van der Waals surface area contributed by atoms with Crippen molar-refractivity contribution in [2.75, 3.05) is 11.1 Å². The number of carbonyl (C=O) groups excluding carboxylic acids is 1. The van der Waals surface area contributed by atoms with Crippen molar-refractivity contribution < 1.29 is 4.79 Å². The van der Waals surface area contributed by atoms with Crippen LogP contribution in [0.5, 0.6) is 0 Å². The van der Waals surface area contributed by atoms with E-state index in [0.29, 0.717) is 22.9 Å². The lowest BCUT2D eigenvalue weighted by atomic mass is 9.95. The van der Waals surface area contributed by atoms with Gasteiger partial charge in [0.1, 0.15) is 11.1 Å². The van der Waals surface area contributed by atoms with Crippen LogP contribution in [-0.4, -0.2) is 21.6 Å². The lowest BCUT2D eigenvalue weighted by Crippen LogP contribution is -2.12. The molecule has 142 valence electrons. The van der Waals surface area contributed by atoms with Crippen LogP contribution in [0.4, 0.5) is 5.13 Å². The van der Waals surface area contributed by atoms with Crippen LogP contribution in [-0.2, 0) is 17.6 Å². The smallest absolute Gasteiger partial charge is 0.226 e. The molecule has 3 aromatic rings. The van der Waals surface area contributed by atoms with Crippen LogP contribution in [0, 0.1) is 11.3 Å². The number of nitrogens with one attached hydrogen (secondary N) is 1. The van der Waals surface area contributed by atoms with Crippen LogP contribution in [0.2, 0.25) is 0 Å². The number of pyridine rings is 1. The molecule has 1 amide bonds. The van der Waals surface area contributed by atoms with E-state index in [4.69, 9.17) is 4.98 Å². The van der Waals surface area contributed by atoms with Crippen molar-refractivity contribution in [2.24, 2.45) is 0 Å². The zero-order valence-electron chi connectivity index (χ0n) is 15.1. The molecule has 3 aromatic heterocycles. The van der Waals surface area contributed by atoms with E-state index in [1.165, 1.54) is 28.7 Å². The normalized spacial score (nSPS) is 13.0. The predicted molar refractivity (Wildman–Crippen MR) is 115 cm³/mol. The maximum absolute atomic E-state index is 12.2. The largest absolute Gasteiger partial charge is 0.302 e. The molecule has 0 saturated heterocycles. The van der Waals surface area contributed by atoms with Crippen molar-refractivity contribution in [2.45, 2.75) is 37.1 Å². The Balaban J connectivity index is 1.33. The first-order valence-corrected chi connectivity index (χ1v) is 11.8. The zero-order chi connectivity index (χ0) is 19.3. The first kappa shape index (κ1) is 19.1. The van der Waals surface area contributed by atoms with E-state index in [9.17, 15) is 10.1 Å². The minimum absolute atomic E-state index is 0.0731. The molecule has 5 nitrogen and oxygen atoms in total. The number of fused-ring (bicyclic) bond motifs is 1. The maximum atomic E-state index is 12.2. The van der Waals surface area contributed by atoms with E-state index >= 15 is 0 Å². The molecule has 0 fully saturated rings. The van der Waals surface area contributed by atoms with Crippen LogP contribution >= 0.6 is 34.4 Å². The van der Waals surface area contributed by atoms with Gasteiger partial charge in [-0.15, -0.1) is 34.4 Å². The lowest BCUT2D eigenvalue weighted by molar-refractivity contribution is -0.115. The topological polar surface area (TPSA) is 78.7 Å². The molecule has 0 unspecified atom stereocenters. The molecule has 0 aromatic carbocycles. The van der Waals surface area contributed by atoms with Gasteiger partial charge in [-0.3, -0.25) is 4.79 Å². The number of nitrogens with zero attached hydrogens (tertiary/aromatic N) is 3. The summed E-state index contributed by atoms with van der Waals surface area (Å²) in [5.74, 6) is 0.506. The Morgan fingerprint density at radius 3 is 3.00 bits per heavy atom. The summed E-state index contributed by atoms with van der Waals surface area (Å²) < 4.78 is 0. The molecule has 4 rings (SSSR count). The highest BCUT2D eigenvalue weighted by molar-refractivity contribution is 7.99. The van der Waals surface area contributed by atoms with Crippen molar-refractivity contribution in [1.29, 1.82) is 5.26 Å². The number of hydrogen-bond acceptors (Lipinski definition) is 7. The summed E-state index contributed by atoms with van der Waals surface area (Å²) in [6, 6.07) is 8.23. The molecule has 1 aliphatic carbocycles. The Morgan fingerprint density at radius 2 is 2.18 bits per heavy atom. The van der Waals surface area contributed by atoms with Crippen LogP contribution in [0.25, 0.3) is 10.6 Å². The Morgan fingerprint density at radius 1 is 1.29 bits per heavy atom. The molecule has 1 N–H and O–H groups in total. The van der Waals surface area contributed by atoms with Crippen molar-refractivity contribution in [3.05, 3.63) is 45.8 Å². The minimum Gasteiger partial charge on any atom is -0.302 e. The average Bonchev–Trinajstić information content (AvgIpc) is 3.39. The van der Waals surface area contributed by atoms with E-state index in [2.05, 4.69) is 16.4 Å². The molecular weight excluding hydrogens is 408 g/mol. The molecule has 0 spiro atoms. The second kappa shape index (κ2) is 8.86. The Hall–Kier alpha value is -2.21. The number of hydrogen-bond donors (Lipinski definition) is 1. The molecular formula is C20H18N4OS3. The van der Waals surface area contributed by atoms with Crippen molar-refractivity contribution >= 4 is 45.5 Å². The number of thiazole rings is 1. The first-order chi connectivity index (χ1) is 13.7. The summed E-state index contributed by atoms with van der Waals surface area (Å²) in [5.41, 5.74) is 3.82. The average molecular weight is 427 g/mol. The van der Waals surface area contributed by atoms with Gasteiger partial charge in [-0.25, -0.2) is 9.97 Å². The summed E-state index contributed by atoms with van der Waals surface area (Å²) in [6.45, 7) is 0. The molecule has 28 heavy (non-hydrogen) atoms. The number of aryl methyl sites for hydroxylation is 2. The standard InChI is InChI=1S/C20H18N4OS3/c21-11-14-10-13-4-1-2-5-15(13)22-19(14)27-9-7-18(25)24-20-23-16(12-28-20)17-6-3-8-26-17/h3,6,8,10,12H,1-2,4-5,7,9H2,(H,23,24,25). The molecule has 1 aliphatic rings. The fourth-order valence-electron chi connectivity index (χ4n) is 3.10. The second-order valence-corrected chi connectivity index (χ2v) is 9.32. The second-order valence-electron chi connectivity index (χ2n) is 6.43. The van der Waals surface area contributed by atoms with E-state index in [1.54, 1.807) is 11.3 Å². The third kappa shape index (κ3) is 4.43. The monoisotopic (exact) mass is 426 g/mol. The molecule has 0 atom stereocenters. The Kier molecular flexibility index (Phi) is 6.05. The fraction of sp³-hybridized carbons (Fsp3) is 0.300. The van der Waals surface area contributed by atoms with Gasteiger partial charge >= 0.3 is 0 Å². The third-order valence-corrected chi connectivity index (χ3v) is 7.12. The number of rotatable bonds is 6. The van der Waals surface area contributed by atoms with Crippen molar-refractivity contribution in [3.8, 4) is 16.6 Å². The molecule has 8 heteroatoms. The van der Waals surface area contributed by atoms with E-state index < -0.39 is 0 Å². The number of amides is 1. The van der Waals surface area contributed by atoms with Crippen molar-refractivity contribution in [1.82, 2.24) is 9.97 Å². The summed E-state index contributed by atoms with van der Waals surface area (Å²) in [4.78, 5) is 22.5. The number of anilines is 1. The number of nitriles is 1. The number of thioether (sulfide) groups is 1. The summed E-state index contributed by atoms with van der Waals surface area (Å²) in [6.07, 6.45) is 4.65. The molecule has 3 heterocycles. The van der Waals surface area contributed by atoms with E-state index in [-0.39, 0.29) is 5.91 Å². The third-order valence-electron chi connectivity index (χ3n) is 4.48. The minimum atomic E-state index is -0.0731. The predicted octanol–water partition coefficient (Wildman–Crippen LogP) is 5.14. The van der Waals surface area contributed by atoms with Gasteiger partial charge in [0.25, 0.3) is 0 Å². The molecule has 0 bridgehead atoms. The zero-order valence-corrected chi connectivity index (χ0v) is 17.6. The van der Waals surface area contributed by atoms with Crippen LogP contribution in [0.3, 0.4) is 0 Å². The number of carbonyl (C=O) groups is 1. The van der Waals surface area contributed by atoms with Gasteiger partial charge < -0.3 is 5.32 Å². The Bertz CT molecular complexity index is 1020.